The number of aliphatic imine (C=N–C) groups is 1. The molecule has 0 saturated carbocycles. The van der Waals surface area contributed by atoms with Crippen molar-refractivity contribution < 1.29 is 0 Å². The second-order valence-electron chi connectivity index (χ2n) is 7.42. The number of guanidine groups is 1. The minimum absolute atomic E-state index is 0. The van der Waals surface area contributed by atoms with Crippen LogP contribution >= 0.6 is 24.0 Å². The van der Waals surface area contributed by atoms with E-state index in [1.54, 1.807) is 0 Å². The Labute approximate surface area is 192 Å². The Morgan fingerprint density at radius 2 is 1.69 bits per heavy atom. The van der Waals surface area contributed by atoms with Gasteiger partial charge in [0.25, 0.3) is 0 Å². The molecule has 0 aliphatic carbocycles. The van der Waals surface area contributed by atoms with Gasteiger partial charge in [-0.05, 0) is 24.6 Å². The van der Waals surface area contributed by atoms with E-state index in [4.69, 9.17) is 0 Å². The fraction of sp³-hybridized carbons (Fsp3) is 0.435. The van der Waals surface area contributed by atoms with Crippen molar-refractivity contribution >= 4 is 29.9 Å². The summed E-state index contributed by atoms with van der Waals surface area (Å²) in [5, 5.41) is 6.83. The standard InChI is InChI=1S/C23H33N5.HI/c1-24-23(26-18-20-10-5-3-6-11-20)25-14-9-15-28-17-16-27(2)19-22(28)21-12-7-4-8-13-21;/h3-8,10-13,22H,9,14-19H2,1-2H3,(H2,24,25,26);1H. The molecule has 0 amide bonds. The highest BCUT2D eigenvalue weighted by Crippen LogP contribution is 2.24. The van der Waals surface area contributed by atoms with Crippen molar-refractivity contribution in [3.63, 3.8) is 0 Å². The van der Waals surface area contributed by atoms with Crippen LogP contribution in [0.25, 0.3) is 0 Å². The van der Waals surface area contributed by atoms with Crippen LogP contribution in [-0.2, 0) is 6.54 Å². The summed E-state index contributed by atoms with van der Waals surface area (Å²) in [7, 11) is 4.05. The molecule has 0 bridgehead atoms. The summed E-state index contributed by atoms with van der Waals surface area (Å²) in [5.41, 5.74) is 2.68. The first-order chi connectivity index (χ1) is 13.8. The predicted molar refractivity (Wildman–Crippen MR) is 133 cm³/mol. The summed E-state index contributed by atoms with van der Waals surface area (Å²) in [6.07, 6.45) is 1.10. The Kier molecular flexibility index (Phi) is 10.5. The fourth-order valence-corrected chi connectivity index (χ4v) is 3.71. The van der Waals surface area contributed by atoms with Crippen LogP contribution in [0.3, 0.4) is 0 Å². The van der Waals surface area contributed by atoms with E-state index < -0.39 is 0 Å². The molecule has 0 radical (unpaired) electrons. The SMILES string of the molecule is CN=C(NCCCN1CCN(C)CC1c1ccccc1)NCc1ccccc1.I. The Hall–Kier alpha value is -1.64. The molecule has 1 saturated heterocycles. The van der Waals surface area contributed by atoms with E-state index in [-0.39, 0.29) is 24.0 Å². The Morgan fingerprint density at radius 1 is 1.00 bits per heavy atom. The minimum atomic E-state index is 0. The molecule has 5 nitrogen and oxygen atoms in total. The van der Waals surface area contributed by atoms with Crippen molar-refractivity contribution in [1.82, 2.24) is 20.4 Å². The van der Waals surface area contributed by atoms with Crippen LogP contribution in [0.15, 0.2) is 65.7 Å². The lowest BCUT2D eigenvalue weighted by atomic mass is 10.0. The summed E-state index contributed by atoms with van der Waals surface area (Å²) >= 11 is 0. The largest absolute Gasteiger partial charge is 0.356 e. The van der Waals surface area contributed by atoms with Crippen molar-refractivity contribution in [2.24, 2.45) is 4.99 Å². The fourth-order valence-electron chi connectivity index (χ4n) is 3.71. The average Bonchev–Trinajstić information content (AvgIpc) is 2.75. The monoisotopic (exact) mass is 507 g/mol. The van der Waals surface area contributed by atoms with Crippen molar-refractivity contribution in [2.45, 2.75) is 19.0 Å². The molecule has 3 rings (SSSR count). The Bertz CT molecular complexity index is 723. The molecule has 2 N–H and O–H groups in total. The molecule has 158 valence electrons. The lowest BCUT2D eigenvalue weighted by Gasteiger charge is -2.40. The number of hydrogen-bond donors (Lipinski definition) is 2. The van der Waals surface area contributed by atoms with Gasteiger partial charge in [-0.15, -0.1) is 24.0 Å². The minimum Gasteiger partial charge on any atom is -0.356 e. The summed E-state index contributed by atoms with van der Waals surface area (Å²) < 4.78 is 0. The van der Waals surface area contributed by atoms with Crippen molar-refractivity contribution in [1.29, 1.82) is 0 Å². The zero-order chi connectivity index (χ0) is 19.6. The molecule has 1 fully saturated rings. The molecule has 2 aromatic carbocycles. The van der Waals surface area contributed by atoms with Crippen molar-refractivity contribution in [3.8, 4) is 0 Å². The number of rotatable bonds is 7. The van der Waals surface area contributed by atoms with E-state index in [0.717, 1.165) is 51.6 Å². The van der Waals surface area contributed by atoms with Crippen LogP contribution < -0.4 is 10.6 Å². The van der Waals surface area contributed by atoms with Crippen molar-refractivity contribution in [2.75, 3.05) is 46.8 Å². The summed E-state index contributed by atoms with van der Waals surface area (Å²) in [6, 6.07) is 21.8. The van der Waals surface area contributed by atoms with E-state index in [9.17, 15) is 0 Å². The van der Waals surface area contributed by atoms with E-state index in [2.05, 4.69) is 87.1 Å². The number of likely N-dealkylation sites (N-methyl/N-ethyl adjacent to an activating group) is 1. The lowest BCUT2D eigenvalue weighted by molar-refractivity contribution is 0.0891. The van der Waals surface area contributed by atoms with Crippen LogP contribution in [0.4, 0.5) is 0 Å². The zero-order valence-electron chi connectivity index (χ0n) is 17.6. The topological polar surface area (TPSA) is 42.9 Å². The van der Waals surface area contributed by atoms with E-state index in [1.807, 2.05) is 13.1 Å². The number of benzene rings is 2. The molecule has 29 heavy (non-hydrogen) atoms. The Morgan fingerprint density at radius 3 is 2.38 bits per heavy atom. The number of nitrogens with one attached hydrogen (secondary N) is 2. The molecular weight excluding hydrogens is 473 g/mol. The van der Waals surface area contributed by atoms with Crippen molar-refractivity contribution in [3.05, 3.63) is 71.8 Å². The first-order valence-electron chi connectivity index (χ1n) is 10.2. The summed E-state index contributed by atoms with van der Waals surface area (Å²) in [4.78, 5) is 9.39. The molecule has 1 aliphatic rings. The van der Waals surface area contributed by atoms with Gasteiger partial charge in [-0.2, -0.15) is 0 Å². The number of piperazine rings is 1. The highest BCUT2D eigenvalue weighted by atomic mass is 127. The normalized spacial score (nSPS) is 18.1. The third-order valence-electron chi connectivity index (χ3n) is 5.32. The van der Waals surface area contributed by atoms with Gasteiger partial charge < -0.3 is 15.5 Å². The van der Waals surface area contributed by atoms with Gasteiger partial charge in [0.05, 0.1) is 0 Å². The van der Waals surface area contributed by atoms with Crippen LogP contribution in [0.5, 0.6) is 0 Å². The maximum absolute atomic E-state index is 4.33. The maximum atomic E-state index is 4.33. The van der Waals surface area contributed by atoms with Gasteiger partial charge in [-0.1, -0.05) is 60.7 Å². The first kappa shape index (κ1) is 23.6. The number of halogens is 1. The molecule has 0 aromatic heterocycles. The van der Waals surface area contributed by atoms with E-state index in [0.29, 0.717) is 6.04 Å². The number of hydrogen-bond acceptors (Lipinski definition) is 3. The van der Waals surface area contributed by atoms with E-state index >= 15 is 0 Å². The number of nitrogens with zero attached hydrogens (tertiary/aromatic N) is 3. The highest BCUT2D eigenvalue weighted by Gasteiger charge is 2.25. The average molecular weight is 507 g/mol. The summed E-state index contributed by atoms with van der Waals surface area (Å²) in [6.45, 7) is 6.15. The molecule has 1 aliphatic heterocycles. The third-order valence-corrected chi connectivity index (χ3v) is 5.32. The Balaban J connectivity index is 0.00000300. The third kappa shape index (κ3) is 7.60. The van der Waals surface area contributed by atoms with Gasteiger partial charge >= 0.3 is 0 Å². The van der Waals surface area contributed by atoms with Crippen LogP contribution in [0.1, 0.15) is 23.6 Å². The van der Waals surface area contributed by atoms with Gasteiger partial charge in [0.1, 0.15) is 0 Å². The van der Waals surface area contributed by atoms with Gasteiger partial charge in [0.2, 0.25) is 0 Å². The molecule has 1 heterocycles. The van der Waals surface area contributed by atoms with Crippen LogP contribution in [0.2, 0.25) is 0 Å². The van der Waals surface area contributed by atoms with E-state index in [1.165, 1.54) is 11.1 Å². The highest BCUT2D eigenvalue weighted by molar-refractivity contribution is 14.0. The molecular formula is C23H34IN5. The van der Waals surface area contributed by atoms with Gasteiger partial charge in [0, 0.05) is 52.4 Å². The van der Waals surface area contributed by atoms with Crippen LogP contribution in [-0.4, -0.2) is 62.6 Å². The molecule has 1 unspecified atom stereocenters. The zero-order valence-corrected chi connectivity index (χ0v) is 19.9. The quantitative estimate of drug-likeness (QED) is 0.261. The molecule has 2 aromatic rings. The summed E-state index contributed by atoms with van der Waals surface area (Å²) in [5.74, 6) is 0.863. The second-order valence-corrected chi connectivity index (χ2v) is 7.42. The van der Waals surface area contributed by atoms with Gasteiger partial charge in [0.15, 0.2) is 5.96 Å². The second kappa shape index (κ2) is 12.8. The maximum Gasteiger partial charge on any atom is 0.191 e. The molecule has 1 atom stereocenters. The van der Waals surface area contributed by atoms with Gasteiger partial charge in [-0.25, -0.2) is 0 Å². The lowest BCUT2D eigenvalue weighted by Crippen LogP contribution is -2.47. The predicted octanol–water partition coefficient (Wildman–Crippen LogP) is 3.35. The smallest absolute Gasteiger partial charge is 0.191 e. The van der Waals surface area contributed by atoms with Crippen LogP contribution in [0, 0.1) is 0 Å². The molecule has 6 heteroatoms. The first-order valence-corrected chi connectivity index (χ1v) is 10.2. The van der Waals surface area contributed by atoms with Gasteiger partial charge in [-0.3, -0.25) is 9.89 Å². The molecule has 0 spiro atoms.